The first-order valence-electron chi connectivity index (χ1n) is 5.48. The largest absolute Gasteiger partial charge is 0.493 e. The maximum Gasteiger partial charge on any atom is 0.216 e. The van der Waals surface area contributed by atoms with Crippen molar-refractivity contribution in [2.45, 2.75) is 6.92 Å². The molecule has 0 bridgehead atoms. The molecular formula is C13H14N2O2. The minimum Gasteiger partial charge on any atom is -0.493 e. The minimum absolute atomic E-state index is 0.116. The Morgan fingerprint density at radius 1 is 1.35 bits per heavy atom. The summed E-state index contributed by atoms with van der Waals surface area (Å²) in [7, 11) is 1.78. The molecule has 0 amide bonds. The first-order valence-corrected chi connectivity index (χ1v) is 5.48. The van der Waals surface area contributed by atoms with Gasteiger partial charge in [-0.3, -0.25) is 9.48 Å². The first-order chi connectivity index (χ1) is 8.22. The second-order valence-electron chi connectivity index (χ2n) is 3.63. The number of ether oxygens (including phenoxy) is 1. The number of ketones is 1. The third kappa shape index (κ3) is 2.36. The lowest BCUT2D eigenvalue weighted by molar-refractivity contribution is 0.103. The molecule has 2 aromatic rings. The van der Waals surface area contributed by atoms with Crippen LogP contribution in [-0.4, -0.2) is 22.2 Å². The van der Waals surface area contributed by atoms with E-state index < -0.39 is 0 Å². The zero-order valence-corrected chi connectivity index (χ0v) is 9.88. The molecule has 0 unspecified atom stereocenters. The fraction of sp³-hybridized carbons (Fsp3) is 0.231. The van der Waals surface area contributed by atoms with Gasteiger partial charge in [0.2, 0.25) is 5.78 Å². The first kappa shape index (κ1) is 11.4. The van der Waals surface area contributed by atoms with Crippen LogP contribution in [0, 0.1) is 0 Å². The number of para-hydroxylation sites is 1. The summed E-state index contributed by atoms with van der Waals surface area (Å²) >= 11 is 0. The van der Waals surface area contributed by atoms with E-state index in [1.807, 2.05) is 19.1 Å². The van der Waals surface area contributed by atoms with Crippen LogP contribution < -0.4 is 4.74 Å². The average Bonchev–Trinajstić information content (AvgIpc) is 2.76. The molecule has 1 aromatic carbocycles. The van der Waals surface area contributed by atoms with Crippen LogP contribution in [0.25, 0.3) is 0 Å². The minimum atomic E-state index is -0.116. The predicted molar refractivity (Wildman–Crippen MR) is 64.3 cm³/mol. The number of aryl methyl sites for hydroxylation is 1. The lowest BCUT2D eigenvalue weighted by atomic mass is 10.1. The molecule has 0 aliphatic heterocycles. The van der Waals surface area contributed by atoms with Gasteiger partial charge in [0.25, 0.3) is 0 Å². The van der Waals surface area contributed by atoms with E-state index in [0.29, 0.717) is 23.6 Å². The summed E-state index contributed by atoms with van der Waals surface area (Å²) in [5, 5.41) is 4.10. The Labute approximate surface area is 99.8 Å². The van der Waals surface area contributed by atoms with Crippen LogP contribution in [0.2, 0.25) is 0 Å². The molecule has 0 atom stereocenters. The Bertz CT molecular complexity index is 532. The van der Waals surface area contributed by atoms with Crippen molar-refractivity contribution in [3.63, 3.8) is 0 Å². The third-order valence-electron chi connectivity index (χ3n) is 2.38. The van der Waals surface area contributed by atoms with Crippen molar-refractivity contribution >= 4 is 5.78 Å². The number of hydrogen-bond acceptors (Lipinski definition) is 3. The molecule has 0 radical (unpaired) electrons. The molecule has 0 N–H and O–H groups in total. The summed E-state index contributed by atoms with van der Waals surface area (Å²) in [4.78, 5) is 12.2. The van der Waals surface area contributed by atoms with Gasteiger partial charge in [-0.05, 0) is 25.1 Å². The topological polar surface area (TPSA) is 44.1 Å². The van der Waals surface area contributed by atoms with Crippen molar-refractivity contribution in [2.24, 2.45) is 7.05 Å². The maximum atomic E-state index is 12.2. The summed E-state index contributed by atoms with van der Waals surface area (Å²) in [6.45, 7) is 2.43. The van der Waals surface area contributed by atoms with Crippen molar-refractivity contribution in [3.8, 4) is 5.75 Å². The normalized spacial score (nSPS) is 10.2. The van der Waals surface area contributed by atoms with Crippen molar-refractivity contribution in [1.29, 1.82) is 0 Å². The molecule has 2 rings (SSSR count). The molecule has 1 aromatic heterocycles. The smallest absolute Gasteiger partial charge is 0.216 e. The van der Waals surface area contributed by atoms with Gasteiger partial charge in [0.15, 0.2) is 0 Å². The average molecular weight is 230 g/mol. The Kier molecular flexibility index (Phi) is 3.23. The van der Waals surface area contributed by atoms with Gasteiger partial charge in [-0.2, -0.15) is 5.10 Å². The summed E-state index contributed by atoms with van der Waals surface area (Å²) in [6.07, 6.45) is 1.75. The molecule has 0 fully saturated rings. The number of nitrogens with zero attached hydrogens (tertiary/aromatic N) is 2. The van der Waals surface area contributed by atoms with Crippen LogP contribution in [0.5, 0.6) is 5.75 Å². The fourth-order valence-electron chi connectivity index (χ4n) is 1.61. The van der Waals surface area contributed by atoms with E-state index >= 15 is 0 Å². The molecule has 0 saturated heterocycles. The van der Waals surface area contributed by atoms with Gasteiger partial charge in [-0.15, -0.1) is 0 Å². The number of aromatic nitrogens is 2. The number of carbonyl (C=O) groups is 1. The number of carbonyl (C=O) groups excluding carboxylic acids is 1. The van der Waals surface area contributed by atoms with E-state index in [1.54, 1.807) is 36.1 Å². The monoisotopic (exact) mass is 230 g/mol. The SMILES string of the molecule is CCOc1ccccc1C(=O)c1ccn(C)n1. The zero-order chi connectivity index (χ0) is 12.3. The zero-order valence-electron chi connectivity index (χ0n) is 9.88. The van der Waals surface area contributed by atoms with Gasteiger partial charge < -0.3 is 4.74 Å². The van der Waals surface area contributed by atoms with E-state index in [2.05, 4.69) is 5.10 Å². The van der Waals surface area contributed by atoms with Crippen LogP contribution in [0.4, 0.5) is 0 Å². The van der Waals surface area contributed by atoms with Crippen LogP contribution >= 0.6 is 0 Å². The molecule has 4 nitrogen and oxygen atoms in total. The summed E-state index contributed by atoms with van der Waals surface area (Å²) < 4.78 is 7.04. The maximum absolute atomic E-state index is 12.2. The van der Waals surface area contributed by atoms with Gasteiger partial charge in [0.1, 0.15) is 11.4 Å². The highest BCUT2D eigenvalue weighted by Crippen LogP contribution is 2.20. The van der Waals surface area contributed by atoms with E-state index in [1.165, 1.54) is 0 Å². The molecule has 1 heterocycles. The van der Waals surface area contributed by atoms with E-state index in [4.69, 9.17) is 4.74 Å². The molecule has 0 aliphatic carbocycles. The van der Waals surface area contributed by atoms with Crippen LogP contribution in [0.15, 0.2) is 36.5 Å². The van der Waals surface area contributed by atoms with Crippen LogP contribution in [-0.2, 0) is 7.05 Å². The van der Waals surface area contributed by atoms with Crippen molar-refractivity contribution in [2.75, 3.05) is 6.61 Å². The highest BCUT2D eigenvalue weighted by atomic mass is 16.5. The van der Waals surface area contributed by atoms with Crippen LogP contribution in [0.1, 0.15) is 23.0 Å². The Balaban J connectivity index is 2.36. The Morgan fingerprint density at radius 2 is 2.12 bits per heavy atom. The molecule has 88 valence electrons. The van der Waals surface area contributed by atoms with Crippen molar-refractivity contribution < 1.29 is 9.53 Å². The lowest BCUT2D eigenvalue weighted by Gasteiger charge is -2.07. The third-order valence-corrected chi connectivity index (χ3v) is 2.38. The van der Waals surface area contributed by atoms with Crippen molar-refractivity contribution in [1.82, 2.24) is 9.78 Å². The highest BCUT2D eigenvalue weighted by molar-refractivity contribution is 6.09. The van der Waals surface area contributed by atoms with Gasteiger partial charge >= 0.3 is 0 Å². The summed E-state index contributed by atoms with van der Waals surface area (Å²) in [5.74, 6) is 0.486. The standard InChI is InChI=1S/C13H14N2O2/c1-3-17-12-7-5-4-6-10(12)13(16)11-8-9-15(2)14-11/h4-9H,3H2,1-2H3. The second-order valence-corrected chi connectivity index (χ2v) is 3.63. The Hall–Kier alpha value is -2.10. The Morgan fingerprint density at radius 3 is 2.76 bits per heavy atom. The summed E-state index contributed by atoms with van der Waals surface area (Å²) in [5.41, 5.74) is 0.979. The molecule has 0 saturated carbocycles. The molecule has 4 heteroatoms. The molecular weight excluding hydrogens is 216 g/mol. The van der Waals surface area contributed by atoms with E-state index in [-0.39, 0.29) is 5.78 Å². The van der Waals surface area contributed by atoms with Gasteiger partial charge in [-0.1, -0.05) is 12.1 Å². The molecule has 0 aliphatic rings. The fourth-order valence-corrected chi connectivity index (χ4v) is 1.61. The number of hydrogen-bond donors (Lipinski definition) is 0. The lowest BCUT2D eigenvalue weighted by Crippen LogP contribution is -2.06. The van der Waals surface area contributed by atoms with E-state index in [9.17, 15) is 4.79 Å². The highest BCUT2D eigenvalue weighted by Gasteiger charge is 2.16. The van der Waals surface area contributed by atoms with Gasteiger partial charge in [-0.25, -0.2) is 0 Å². The molecule has 17 heavy (non-hydrogen) atoms. The quantitative estimate of drug-likeness (QED) is 0.755. The van der Waals surface area contributed by atoms with Gasteiger partial charge in [0.05, 0.1) is 12.2 Å². The second kappa shape index (κ2) is 4.82. The van der Waals surface area contributed by atoms with Crippen LogP contribution in [0.3, 0.4) is 0 Å². The summed E-state index contributed by atoms with van der Waals surface area (Å²) in [6, 6.07) is 8.91. The number of rotatable bonds is 4. The van der Waals surface area contributed by atoms with Gasteiger partial charge in [0, 0.05) is 13.2 Å². The molecule has 0 spiro atoms. The van der Waals surface area contributed by atoms with Crippen molar-refractivity contribution in [3.05, 3.63) is 47.8 Å². The van der Waals surface area contributed by atoms with E-state index in [0.717, 1.165) is 0 Å². The predicted octanol–water partition coefficient (Wildman–Crippen LogP) is 2.05. The number of benzene rings is 1.